The molecule has 12 heteroatoms. The summed E-state index contributed by atoms with van der Waals surface area (Å²) in [7, 11) is -3.10. The molecule has 2 saturated heterocycles. The highest BCUT2D eigenvalue weighted by atomic mass is 32.2. The van der Waals surface area contributed by atoms with Gasteiger partial charge in [-0.3, -0.25) is 15.1 Å². The fourth-order valence-corrected chi connectivity index (χ4v) is 8.11. The van der Waals surface area contributed by atoms with E-state index < -0.39 is 10.0 Å². The summed E-state index contributed by atoms with van der Waals surface area (Å²) in [5.41, 5.74) is 11.6. The predicted octanol–water partition coefficient (Wildman–Crippen LogP) is 0.261. The van der Waals surface area contributed by atoms with Crippen molar-refractivity contribution in [2.24, 2.45) is 0 Å². The maximum absolute atomic E-state index is 11.9. The first-order chi connectivity index (χ1) is 17.0. The molecule has 0 saturated carbocycles. The van der Waals surface area contributed by atoms with Crippen LogP contribution in [0.5, 0.6) is 0 Å². The Morgan fingerprint density at radius 2 is 1.91 bits per heavy atom. The van der Waals surface area contributed by atoms with Gasteiger partial charge in [-0.15, -0.1) is 11.8 Å². The third-order valence-electron chi connectivity index (χ3n) is 7.60. The molecule has 0 radical (unpaired) electrons. The predicted molar refractivity (Wildman–Crippen MR) is 138 cm³/mol. The lowest BCUT2D eigenvalue weighted by molar-refractivity contribution is 0.0134. The Kier molecular flexibility index (Phi) is 6.73. The highest BCUT2D eigenvalue weighted by Gasteiger charge is 2.40. The molecule has 35 heavy (non-hydrogen) atoms. The molecule has 192 valence electrons. The standard InChI is InChI=1S/C23H35N7O3S2/c1-35(31,32)30-7-5-28(6-8-30)15-16-13-20-21(34-16)23(29-9-11-33-12-10-29)26-22(25-20)17-3-2-4-19-18(17)14-24-27-19/h2-4,16,22-27H,5-15H2,1H3. The van der Waals surface area contributed by atoms with Crippen LogP contribution in [0.3, 0.4) is 0 Å². The van der Waals surface area contributed by atoms with E-state index in [-0.39, 0.29) is 12.3 Å². The minimum atomic E-state index is -3.10. The van der Waals surface area contributed by atoms with Gasteiger partial charge in [-0.05, 0) is 17.2 Å². The average Bonchev–Trinajstić information content (AvgIpc) is 3.50. The molecule has 5 aliphatic heterocycles. The first-order valence-corrected chi connectivity index (χ1v) is 15.2. The zero-order valence-electron chi connectivity index (χ0n) is 20.1. The van der Waals surface area contributed by atoms with Crippen LogP contribution in [-0.4, -0.2) is 99.2 Å². The van der Waals surface area contributed by atoms with Crippen LogP contribution in [-0.2, 0) is 21.3 Å². The van der Waals surface area contributed by atoms with Crippen LogP contribution in [0.25, 0.3) is 0 Å². The summed E-state index contributed by atoms with van der Waals surface area (Å²) >= 11 is 1.99. The maximum Gasteiger partial charge on any atom is 0.211 e. The number of hydrazine groups is 1. The van der Waals surface area contributed by atoms with E-state index in [0.717, 1.165) is 64.6 Å². The Labute approximate surface area is 211 Å². The van der Waals surface area contributed by atoms with Gasteiger partial charge in [0.1, 0.15) is 6.17 Å². The molecule has 1 aromatic rings. The lowest BCUT2D eigenvalue weighted by Gasteiger charge is -2.42. The SMILES string of the molecule is CS(=O)(=O)N1CCN(CC2CC3=C(S2)C(N2CCOCC2)NC(c2cccc4c2CNN4)N3)CC1. The Morgan fingerprint density at radius 3 is 2.69 bits per heavy atom. The number of hydrogen-bond acceptors (Lipinski definition) is 10. The van der Waals surface area contributed by atoms with Crippen LogP contribution >= 0.6 is 11.8 Å². The number of allylic oxidation sites excluding steroid dienone is 1. The van der Waals surface area contributed by atoms with Gasteiger partial charge in [0.15, 0.2) is 0 Å². The summed E-state index contributed by atoms with van der Waals surface area (Å²) in [6.45, 7) is 7.95. The molecule has 5 aliphatic rings. The van der Waals surface area contributed by atoms with Gasteiger partial charge in [-0.2, -0.15) is 4.31 Å². The Hall–Kier alpha value is -1.38. The number of thioether (sulfide) groups is 1. The quantitative estimate of drug-likeness (QED) is 0.432. The summed E-state index contributed by atoms with van der Waals surface area (Å²) in [5, 5.41) is 8.24. The normalized spacial score (nSPS) is 30.6. The summed E-state index contributed by atoms with van der Waals surface area (Å²) in [6.07, 6.45) is 2.55. The van der Waals surface area contributed by atoms with Crippen LogP contribution in [0.15, 0.2) is 28.8 Å². The van der Waals surface area contributed by atoms with Gasteiger partial charge >= 0.3 is 0 Å². The lowest BCUT2D eigenvalue weighted by Crippen LogP contribution is -2.56. The number of morpholine rings is 1. The van der Waals surface area contributed by atoms with Crippen molar-refractivity contribution in [1.82, 2.24) is 30.2 Å². The van der Waals surface area contributed by atoms with Crippen molar-refractivity contribution in [3.63, 3.8) is 0 Å². The molecule has 5 heterocycles. The fraction of sp³-hybridized carbons (Fsp3) is 0.652. The van der Waals surface area contributed by atoms with Crippen LogP contribution in [0.1, 0.15) is 23.7 Å². The number of fused-ring (bicyclic) bond motifs is 1. The molecule has 3 atom stereocenters. The van der Waals surface area contributed by atoms with E-state index in [2.05, 4.69) is 49.5 Å². The Bertz CT molecular complexity index is 1080. The zero-order chi connectivity index (χ0) is 24.0. The number of nitrogens with zero attached hydrogens (tertiary/aromatic N) is 3. The topological polar surface area (TPSA) is 101 Å². The Morgan fingerprint density at radius 1 is 1.11 bits per heavy atom. The van der Waals surface area contributed by atoms with Crippen LogP contribution in [0, 0.1) is 0 Å². The van der Waals surface area contributed by atoms with E-state index in [9.17, 15) is 8.42 Å². The summed E-state index contributed by atoms with van der Waals surface area (Å²) < 4.78 is 31.0. The second-order valence-corrected chi connectivity index (χ2v) is 13.2. The minimum absolute atomic E-state index is 0.0518. The molecular formula is C23H35N7O3S2. The summed E-state index contributed by atoms with van der Waals surface area (Å²) in [5.74, 6) is 0. The van der Waals surface area contributed by atoms with Crippen molar-refractivity contribution in [3.8, 4) is 0 Å². The number of piperazine rings is 1. The van der Waals surface area contributed by atoms with Gasteiger partial charge in [0.05, 0.1) is 31.3 Å². The van der Waals surface area contributed by atoms with Crippen molar-refractivity contribution < 1.29 is 13.2 Å². The van der Waals surface area contributed by atoms with E-state index >= 15 is 0 Å². The van der Waals surface area contributed by atoms with Crippen molar-refractivity contribution in [2.75, 3.05) is 70.7 Å². The highest BCUT2D eigenvalue weighted by Crippen LogP contribution is 2.44. The van der Waals surface area contributed by atoms with E-state index in [0.29, 0.717) is 18.3 Å². The number of ether oxygens (including phenoxy) is 1. The third-order valence-corrected chi connectivity index (χ3v) is 10.3. The van der Waals surface area contributed by atoms with Gasteiger partial charge < -0.3 is 15.5 Å². The largest absolute Gasteiger partial charge is 0.379 e. The molecule has 10 nitrogen and oxygen atoms in total. The van der Waals surface area contributed by atoms with E-state index in [1.54, 1.807) is 4.31 Å². The summed E-state index contributed by atoms with van der Waals surface area (Å²) in [6, 6.07) is 6.46. The first kappa shape index (κ1) is 24.0. The molecule has 0 bridgehead atoms. The molecule has 0 amide bonds. The minimum Gasteiger partial charge on any atom is -0.379 e. The van der Waals surface area contributed by atoms with E-state index in [1.165, 1.54) is 28.0 Å². The summed E-state index contributed by atoms with van der Waals surface area (Å²) in [4.78, 5) is 6.35. The van der Waals surface area contributed by atoms with Crippen molar-refractivity contribution >= 4 is 27.5 Å². The molecular weight excluding hydrogens is 486 g/mol. The third kappa shape index (κ3) is 4.95. The molecule has 0 spiro atoms. The number of hydrogen-bond donors (Lipinski definition) is 4. The van der Waals surface area contributed by atoms with Gasteiger partial charge in [0.25, 0.3) is 0 Å². The molecule has 0 aromatic heterocycles. The van der Waals surface area contributed by atoms with Crippen LogP contribution in [0.4, 0.5) is 5.69 Å². The number of nitrogens with one attached hydrogen (secondary N) is 4. The smallest absolute Gasteiger partial charge is 0.211 e. The molecule has 0 aliphatic carbocycles. The van der Waals surface area contributed by atoms with Gasteiger partial charge in [0, 0.05) is 74.6 Å². The number of anilines is 1. The lowest BCUT2D eigenvalue weighted by atomic mass is 10.0. The Balaban J connectivity index is 1.18. The average molecular weight is 522 g/mol. The van der Waals surface area contributed by atoms with Crippen molar-refractivity contribution in [3.05, 3.63) is 39.9 Å². The van der Waals surface area contributed by atoms with Crippen molar-refractivity contribution in [2.45, 2.75) is 30.5 Å². The number of rotatable bonds is 5. The highest BCUT2D eigenvalue weighted by molar-refractivity contribution is 8.04. The van der Waals surface area contributed by atoms with Crippen LogP contribution in [0.2, 0.25) is 0 Å². The second-order valence-electron chi connectivity index (χ2n) is 9.90. The number of sulfonamides is 1. The number of benzene rings is 1. The van der Waals surface area contributed by atoms with Gasteiger partial charge in [-0.1, -0.05) is 12.1 Å². The fourth-order valence-electron chi connectivity index (χ4n) is 5.75. The molecule has 3 unspecified atom stereocenters. The molecule has 4 N–H and O–H groups in total. The van der Waals surface area contributed by atoms with Gasteiger partial charge in [-0.25, -0.2) is 13.8 Å². The van der Waals surface area contributed by atoms with E-state index in [4.69, 9.17) is 4.74 Å². The first-order valence-electron chi connectivity index (χ1n) is 12.5. The van der Waals surface area contributed by atoms with Crippen molar-refractivity contribution in [1.29, 1.82) is 0 Å². The molecule has 1 aromatic carbocycles. The molecule has 2 fully saturated rings. The maximum atomic E-state index is 11.9. The van der Waals surface area contributed by atoms with Gasteiger partial charge in [0.2, 0.25) is 10.0 Å². The monoisotopic (exact) mass is 521 g/mol. The second kappa shape index (κ2) is 9.82. The zero-order valence-corrected chi connectivity index (χ0v) is 21.8. The van der Waals surface area contributed by atoms with Crippen LogP contribution < -0.4 is 21.5 Å². The molecule has 6 rings (SSSR count). The van der Waals surface area contributed by atoms with E-state index in [1.807, 2.05) is 11.8 Å².